The van der Waals surface area contributed by atoms with E-state index in [1.54, 1.807) is 12.1 Å². The van der Waals surface area contributed by atoms with Gasteiger partial charge in [-0.2, -0.15) is 0 Å². The fraction of sp³-hybridized carbons (Fsp3) is 0.333. The van der Waals surface area contributed by atoms with E-state index in [2.05, 4.69) is 11.9 Å². The Morgan fingerprint density at radius 2 is 2.33 bits per heavy atom. The van der Waals surface area contributed by atoms with Crippen molar-refractivity contribution in [3.63, 3.8) is 0 Å². The quantitative estimate of drug-likeness (QED) is 0.757. The van der Waals surface area contributed by atoms with E-state index in [-0.39, 0.29) is 11.9 Å². The van der Waals surface area contributed by atoms with Crippen molar-refractivity contribution in [3.05, 3.63) is 47.3 Å². The predicted octanol–water partition coefficient (Wildman–Crippen LogP) is 3.71. The molecule has 1 unspecified atom stereocenters. The van der Waals surface area contributed by atoms with E-state index in [1.165, 1.54) is 6.07 Å². The highest BCUT2D eigenvalue weighted by Crippen LogP contribution is 2.24. The Balaban J connectivity index is 2.89. The van der Waals surface area contributed by atoms with Gasteiger partial charge < -0.3 is 5.32 Å². The largest absolute Gasteiger partial charge is 0.313 e. The maximum Gasteiger partial charge on any atom is 0.128 e. The second kappa shape index (κ2) is 5.89. The van der Waals surface area contributed by atoms with Gasteiger partial charge in [0, 0.05) is 16.6 Å². The number of rotatable bonds is 5. The minimum atomic E-state index is -0.220. The number of benzene rings is 1. The molecule has 1 rings (SSSR count). The monoisotopic (exact) mass is 227 g/mol. The van der Waals surface area contributed by atoms with E-state index in [0.29, 0.717) is 10.6 Å². The summed E-state index contributed by atoms with van der Waals surface area (Å²) in [6.07, 6.45) is 3.49. The Bertz CT molecular complexity index is 338. The third kappa shape index (κ3) is 3.33. The van der Waals surface area contributed by atoms with Crippen molar-refractivity contribution in [1.82, 2.24) is 5.32 Å². The van der Waals surface area contributed by atoms with Crippen LogP contribution in [0.1, 0.15) is 24.4 Å². The predicted molar refractivity (Wildman–Crippen MR) is 62.6 cm³/mol. The summed E-state index contributed by atoms with van der Waals surface area (Å²) in [6, 6.07) is 4.61. The highest BCUT2D eigenvalue weighted by molar-refractivity contribution is 6.30. The zero-order valence-corrected chi connectivity index (χ0v) is 9.52. The van der Waals surface area contributed by atoms with E-state index >= 15 is 0 Å². The van der Waals surface area contributed by atoms with E-state index in [0.717, 1.165) is 12.8 Å². The van der Waals surface area contributed by atoms with E-state index < -0.39 is 0 Å². The molecule has 1 aromatic carbocycles. The van der Waals surface area contributed by atoms with Crippen LogP contribution in [-0.4, -0.2) is 7.05 Å². The summed E-state index contributed by atoms with van der Waals surface area (Å²) >= 11 is 5.84. The summed E-state index contributed by atoms with van der Waals surface area (Å²) in [7, 11) is 1.81. The first-order chi connectivity index (χ1) is 7.19. The lowest BCUT2D eigenvalue weighted by Gasteiger charge is -2.16. The minimum absolute atomic E-state index is 0.0123. The summed E-state index contributed by atoms with van der Waals surface area (Å²) in [5.41, 5.74) is 0.617. The van der Waals surface area contributed by atoms with Crippen molar-refractivity contribution in [3.8, 4) is 0 Å². The van der Waals surface area contributed by atoms with Crippen LogP contribution in [0.5, 0.6) is 0 Å². The van der Waals surface area contributed by atoms with Crippen LogP contribution in [0.2, 0.25) is 5.02 Å². The first-order valence-corrected chi connectivity index (χ1v) is 5.30. The normalized spacial score (nSPS) is 12.5. The summed E-state index contributed by atoms with van der Waals surface area (Å²) in [6.45, 7) is 3.65. The van der Waals surface area contributed by atoms with Gasteiger partial charge in [0.05, 0.1) is 0 Å². The average Bonchev–Trinajstić information content (AvgIpc) is 2.24. The molecule has 15 heavy (non-hydrogen) atoms. The average molecular weight is 228 g/mol. The van der Waals surface area contributed by atoms with Crippen LogP contribution < -0.4 is 5.32 Å². The second-order valence-corrected chi connectivity index (χ2v) is 3.81. The zero-order chi connectivity index (χ0) is 11.3. The third-order valence-electron chi connectivity index (χ3n) is 2.34. The first-order valence-electron chi connectivity index (χ1n) is 4.92. The van der Waals surface area contributed by atoms with E-state index in [1.807, 2.05) is 13.1 Å². The molecule has 1 aromatic rings. The highest BCUT2D eigenvalue weighted by Gasteiger charge is 2.13. The Morgan fingerprint density at radius 1 is 1.60 bits per heavy atom. The first kappa shape index (κ1) is 12.2. The van der Waals surface area contributed by atoms with Crippen LogP contribution in [0.4, 0.5) is 4.39 Å². The highest BCUT2D eigenvalue weighted by atomic mass is 35.5. The summed E-state index contributed by atoms with van der Waals surface area (Å²) in [4.78, 5) is 0. The van der Waals surface area contributed by atoms with Gasteiger partial charge in [-0.1, -0.05) is 17.7 Å². The summed E-state index contributed by atoms with van der Waals surface area (Å²) in [5, 5.41) is 3.64. The Kier molecular flexibility index (Phi) is 4.79. The molecule has 0 saturated heterocycles. The lowest BCUT2D eigenvalue weighted by atomic mass is 10.0. The van der Waals surface area contributed by atoms with Crippen LogP contribution in [-0.2, 0) is 0 Å². The van der Waals surface area contributed by atoms with Crippen LogP contribution in [0.25, 0.3) is 0 Å². The molecule has 0 aromatic heterocycles. The molecule has 3 heteroatoms. The van der Waals surface area contributed by atoms with Gasteiger partial charge in [0.1, 0.15) is 5.82 Å². The maximum absolute atomic E-state index is 13.5. The number of halogens is 2. The Labute approximate surface area is 95.0 Å². The molecule has 1 atom stereocenters. The van der Waals surface area contributed by atoms with E-state index in [9.17, 15) is 4.39 Å². The summed E-state index contributed by atoms with van der Waals surface area (Å²) in [5.74, 6) is -0.220. The third-order valence-corrected chi connectivity index (χ3v) is 2.58. The number of hydrogen-bond donors (Lipinski definition) is 1. The topological polar surface area (TPSA) is 12.0 Å². The van der Waals surface area contributed by atoms with Gasteiger partial charge in [-0.25, -0.2) is 4.39 Å². The standard InChI is InChI=1S/C12H15ClFN/c1-3-4-5-12(15-2)10-8-9(13)6-7-11(10)14/h3,6-8,12,15H,1,4-5H2,2H3. The van der Waals surface area contributed by atoms with Crippen molar-refractivity contribution in [2.24, 2.45) is 0 Å². The van der Waals surface area contributed by atoms with Crippen molar-refractivity contribution in [2.75, 3.05) is 7.05 Å². The molecule has 1 nitrogen and oxygen atoms in total. The molecule has 0 aliphatic rings. The van der Waals surface area contributed by atoms with Crippen LogP contribution in [0, 0.1) is 5.82 Å². The molecule has 0 saturated carbocycles. The smallest absolute Gasteiger partial charge is 0.128 e. The summed E-state index contributed by atoms with van der Waals surface area (Å²) < 4.78 is 13.5. The molecule has 0 aliphatic carbocycles. The number of hydrogen-bond acceptors (Lipinski definition) is 1. The molecular weight excluding hydrogens is 213 g/mol. The van der Waals surface area contributed by atoms with Gasteiger partial charge in [0.2, 0.25) is 0 Å². The van der Waals surface area contributed by atoms with Gasteiger partial charge in [-0.15, -0.1) is 6.58 Å². The molecule has 0 amide bonds. The van der Waals surface area contributed by atoms with Gasteiger partial charge >= 0.3 is 0 Å². The maximum atomic E-state index is 13.5. The van der Waals surface area contributed by atoms with Crippen molar-refractivity contribution < 1.29 is 4.39 Å². The van der Waals surface area contributed by atoms with Crippen LogP contribution >= 0.6 is 11.6 Å². The van der Waals surface area contributed by atoms with Gasteiger partial charge in [-0.3, -0.25) is 0 Å². The molecule has 1 N–H and O–H groups in total. The molecule has 0 fully saturated rings. The van der Waals surface area contributed by atoms with E-state index in [4.69, 9.17) is 11.6 Å². The fourth-order valence-corrected chi connectivity index (χ4v) is 1.70. The molecule has 0 spiro atoms. The molecule has 82 valence electrons. The molecule has 0 heterocycles. The van der Waals surface area contributed by atoms with Gasteiger partial charge in [-0.05, 0) is 38.1 Å². The Hall–Kier alpha value is -0.860. The van der Waals surface area contributed by atoms with Gasteiger partial charge in [0.25, 0.3) is 0 Å². The molecular formula is C12H15ClFN. The van der Waals surface area contributed by atoms with Crippen molar-refractivity contribution >= 4 is 11.6 Å². The molecule has 0 bridgehead atoms. The van der Waals surface area contributed by atoms with Crippen LogP contribution in [0.15, 0.2) is 30.9 Å². The minimum Gasteiger partial charge on any atom is -0.313 e. The van der Waals surface area contributed by atoms with Crippen LogP contribution in [0.3, 0.4) is 0 Å². The Morgan fingerprint density at radius 3 is 2.93 bits per heavy atom. The zero-order valence-electron chi connectivity index (χ0n) is 8.76. The van der Waals surface area contributed by atoms with Crippen molar-refractivity contribution in [1.29, 1.82) is 0 Å². The van der Waals surface area contributed by atoms with Crippen molar-refractivity contribution in [2.45, 2.75) is 18.9 Å². The second-order valence-electron chi connectivity index (χ2n) is 3.37. The fourth-order valence-electron chi connectivity index (χ4n) is 1.52. The number of nitrogens with one attached hydrogen (secondary N) is 1. The SMILES string of the molecule is C=CCCC(NC)c1cc(Cl)ccc1F. The molecule has 0 aliphatic heterocycles. The van der Waals surface area contributed by atoms with Gasteiger partial charge in [0.15, 0.2) is 0 Å². The lowest BCUT2D eigenvalue weighted by Crippen LogP contribution is -2.17. The number of allylic oxidation sites excluding steroid dienone is 1. The lowest BCUT2D eigenvalue weighted by molar-refractivity contribution is 0.512. The molecule has 0 radical (unpaired) electrons.